The van der Waals surface area contributed by atoms with Crippen LogP contribution in [0.4, 0.5) is 0 Å². The molecule has 7 nitrogen and oxygen atoms in total. The maximum absolute atomic E-state index is 11.8. The second kappa shape index (κ2) is 5.72. The maximum atomic E-state index is 11.8. The van der Waals surface area contributed by atoms with Gasteiger partial charge in [-0.05, 0) is 17.2 Å². The monoisotopic (exact) mass is 308 g/mol. The number of nitrogens with two attached hydrogens (primary N) is 1. The highest BCUT2D eigenvalue weighted by molar-refractivity contribution is 6.03. The first-order chi connectivity index (χ1) is 11.1. The van der Waals surface area contributed by atoms with E-state index in [1.54, 1.807) is 18.2 Å². The van der Waals surface area contributed by atoms with Gasteiger partial charge in [0, 0.05) is 11.1 Å². The zero-order valence-electron chi connectivity index (χ0n) is 11.9. The van der Waals surface area contributed by atoms with Gasteiger partial charge in [0.15, 0.2) is 5.69 Å². The van der Waals surface area contributed by atoms with E-state index in [4.69, 9.17) is 10.8 Å². The Labute approximate surface area is 130 Å². The molecule has 3 rings (SSSR count). The number of rotatable bonds is 4. The number of carbonyl (C=O) groups is 2. The van der Waals surface area contributed by atoms with E-state index in [1.807, 2.05) is 30.3 Å². The van der Waals surface area contributed by atoms with Gasteiger partial charge in [-0.15, -0.1) is 5.10 Å². The fourth-order valence-corrected chi connectivity index (χ4v) is 2.33. The number of nitrogens with zero attached hydrogens (tertiary/aromatic N) is 2. The number of benzene rings is 2. The van der Waals surface area contributed by atoms with Crippen LogP contribution >= 0.6 is 0 Å². The number of hydrogen-bond donors (Lipinski definition) is 3. The molecule has 0 aliphatic carbocycles. The maximum Gasteiger partial charge on any atom is 0.358 e. The van der Waals surface area contributed by atoms with E-state index >= 15 is 0 Å². The summed E-state index contributed by atoms with van der Waals surface area (Å²) in [5.74, 6) is -1.91. The summed E-state index contributed by atoms with van der Waals surface area (Å²) in [6.07, 6.45) is 0. The number of carbonyl (C=O) groups excluding carboxylic acids is 1. The Bertz CT molecular complexity index is 887. The molecule has 4 N–H and O–H groups in total. The Morgan fingerprint density at radius 3 is 2.39 bits per heavy atom. The number of aromatic nitrogens is 3. The van der Waals surface area contributed by atoms with Gasteiger partial charge in [-0.3, -0.25) is 4.79 Å². The Hall–Kier alpha value is -3.48. The van der Waals surface area contributed by atoms with Crippen molar-refractivity contribution in [2.45, 2.75) is 0 Å². The molecule has 2 aromatic carbocycles. The third-order valence-electron chi connectivity index (χ3n) is 3.40. The lowest BCUT2D eigenvalue weighted by molar-refractivity contribution is 0.0691. The van der Waals surface area contributed by atoms with E-state index in [2.05, 4.69) is 15.4 Å². The molecule has 1 heterocycles. The fourth-order valence-electron chi connectivity index (χ4n) is 2.33. The van der Waals surface area contributed by atoms with Gasteiger partial charge in [-0.1, -0.05) is 42.5 Å². The first kappa shape index (κ1) is 14.5. The van der Waals surface area contributed by atoms with Crippen LogP contribution in [0.15, 0.2) is 48.5 Å². The minimum atomic E-state index is -1.24. The summed E-state index contributed by atoms with van der Waals surface area (Å²) in [4.78, 5) is 23.0. The molecule has 1 amide bonds. The summed E-state index contributed by atoms with van der Waals surface area (Å²) in [6.45, 7) is 0. The van der Waals surface area contributed by atoms with Crippen LogP contribution in [0.5, 0.6) is 0 Å². The third kappa shape index (κ3) is 2.67. The highest BCUT2D eigenvalue weighted by Crippen LogP contribution is 2.29. The molecule has 0 aliphatic heterocycles. The van der Waals surface area contributed by atoms with Crippen molar-refractivity contribution in [3.8, 4) is 22.4 Å². The number of carboxylic acids is 1. The highest BCUT2D eigenvalue weighted by atomic mass is 16.4. The summed E-state index contributed by atoms with van der Waals surface area (Å²) in [6, 6.07) is 14.5. The van der Waals surface area contributed by atoms with E-state index < -0.39 is 11.9 Å². The average molecular weight is 308 g/mol. The standard InChI is InChI=1S/C16H12N4O3/c17-15(21)12-8-10(9-4-2-1-3-5-9)6-7-11(12)13-14(16(22)23)19-20-18-13/h1-8H,(H2,17,21)(H,22,23)(H,18,19,20). The van der Waals surface area contributed by atoms with Crippen LogP contribution < -0.4 is 5.73 Å². The first-order valence-electron chi connectivity index (χ1n) is 6.71. The summed E-state index contributed by atoms with van der Waals surface area (Å²) in [5.41, 5.74) is 7.48. The smallest absolute Gasteiger partial charge is 0.358 e. The van der Waals surface area contributed by atoms with E-state index in [0.29, 0.717) is 5.56 Å². The highest BCUT2D eigenvalue weighted by Gasteiger charge is 2.21. The molecule has 3 aromatic rings. The summed E-state index contributed by atoms with van der Waals surface area (Å²) in [5, 5.41) is 18.8. The normalized spacial score (nSPS) is 10.4. The minimum Gasteiger partial charge on any atom is -0.476 e. The topological polar surface area (TPSA) is 122 Å². The first-order valence-corrected chi connectivity index (χ1v) is 6.71. The van der Waals surface area contributed by atoms with Crippen molar-refractivity contribution in [1.82, 2.24) is 15.4 Å². The van der Waals surface area contributed by atoms with Crippen molar-refractivity contribution < 1.29 is 14.7 Å². The van der Waals surface area contributed by atoms with Crippen LogP contribution in [0.25, 0.3) is 22.4 Å². The number of carboxylic acid groups (broad SMARTS) is 1. The molecule has 0 saturated heterocycles. The van der Waals surface area contributed by atoms with Gasteiger partial charge in [0.1, 0.15) is 5.69 Å². The van der Waals surface area contributed by atoms with E-state index in [-0.39, 0.29) is 17.0 Å². The number of aromatic amines is 1. The average Bonchev–Trinajstić information content (AvgIpc) is 3.05. The second-order valence-corrected chi connectivity index (χ2v) is 4.82. The van der Waals surface area contributed by atoms with Crippen molar-refractivity contribution in [2.75, 3.05) is 0 Å². The molecule has 0 spiro atoms. The molecule has 0 atom stereocenters. The largest absolute Gasteiger partial charge is 0.476 e. The van der Waals surface area contributed by atoms with Gasteiger partial charge in [0.05, 0.1) is 0 Å². The van der Waals surface area contributed by atoms with Crippen molar-refractivity contribution in [2.24, 2.45) is 5.73 Å². The number of aromatic carboxylic acids is 1. The molecule has 114 valence electrons. The Balaban J connectivity index is 2.17. The number of H-pyrrole nitrogens is 1. The molecule has 0 radical (unpaired) electrons. The quantitative estimate of drug-likeness (QED) is 0.679. The Morgan fingerprint density at radius 2 is 1.74 bits per heavy atom. The van der Waals surface area contributed by atoms with Crippen molar-refractivity contribution >= 4 is 11.9 Å². The molecule has 23 heavy (non-hydrogen) atoms. The Morgan fingerprint density at radius 1 is 1.00 bits per heavy atom. The van der Waals surface area contributed by atoms with Crippen LogP contribution in [0.2, 0.25) is 0 Å². The molecular weight excluding hydrogens is 296 g/mol. The van der Waals surface area contributed by atoms with E-state index in [9.17, 15) is 9.59 Å². The molecule has 0 bridgehead atoms. The molecule has 0 fully saturated rings. The van der Waals surface area contributed by atoms with Gasteiger partial charge in [-0.2, -0.15) is 10.3 Å². The van der Waals surface area contributed by atoms with E-state index in [0.717, 1.165) is 11.1 Å². The minimum absolute atomic E-state index is 0.0749. The van der Waals surface area contributed by atoms with Gasteiger partial charge in [0.25, 0.3) is 0 Å². The van der Waals surface area contributed by atoms with Crippen molar-refractivity contribution in [3.63, 3.8) is 0 Å². The van der Waals surface area contributed by atoms with Gasteiger partial charge < -0.3 is 10.8 Å². The third-order valence-corrected chi connectivity index (χ3v) is 3.40. The van der Waals surface area contributed by atoms with Crippen LogP contribution in [0, 0.1) is 0 Å². The van der Waals surface area contributed by atoms with Crippen LogP contribution in [-0.2, 0) is 0 Å². The SMILES string of the molecule is NC(=O)c1cc(-c2ccccc2)ccc1-c1n[nH]nc1C(=O)O. The molecule has 0 unspecified atom stereocenters. The zero-order valence-corrected chi connectivity index (χ0v) is 11.9. The van der Waals surface area contributed by atoms with Crippen LogP contribution in [0.1, 0.15) is 20.8 Å². The summed E-state index contributed by atoms with van der Waals surface area (Å²) in [7, 11) is 0. The van der Waals surface area contributed by atoms with Crippen LogP contribution in [0.3, 0.4) is 0 Å². The number of amides is 1. The van der Waals surface area contributed by atoms with Crippen molar-refractivity contribution in [3.05, 3.63) is 59.8 Å². The zero-order chi connectivity index (χ0) is 16.4. The van der Waals surface area contributed by atoms with Gasteiger partial charge >= 0.3 is 5.97 Å². The predicted octanol–water partition coefficient (Wildman–Crippen LogP) is 1.94. The molecular formula is C16H12N4O3. The summed E-state index contributed by atoms with van der Waals surface area (Å²) < 4.78 is 0. The molecule has 0 aliphatic rings. The van der Waals surface area contributed by atoms with E-state index in [1.165, 1.54) is 0 Å². The predicted molar refractivity (Wildman–Crippen MR) is 82.7 cm³/mol. The fraction of sp³-hybridized carbons (Fsp3) is 0. The lowest BCUT2D eigenvalue weighted by Gasteiger charge is -2.08. The molecule has 0 saturated carbocycles. The van der Waals surface area contributed by atoms with Crippen LogP contribution in [-0.4, -0.2) is 32.4 Å². The lowest BCUT2D eigenvalue weighted by Crippen LogP contribution is -2.13. The number of nitrogens with one attached hydrogen (secondary N) is 1. The van der Waals surface area contributed by atoms with Gasteiger partial charge in [0.2, 0.25) is 5.91 Å². The lowest BCUT2D eigenvalue weighted by atomic mass is 9.96. The second-order valence-electron chi connectivity index (χ2n) is 4.82. The van der Waals surface area contributed by atoms with Crippen molar-refractivity contribution in [1.29, 1.82) is 0 Å². The Kier molecular flexibility index (Phi) is 3.60. The summed E-state index contributed by atoms with van der Waals surface area (Å²) >= 11 is 0. The molecule has 7 heteroatoms. The van der Waals surface area contributed by atoms with Gasteiger partial charge in [-0.25, -0.2) is 4.79 Å². The number of hydrogen-bond acceptors (Lipinski definition) is 4. The molecule has 1 aromatic heterocycles. The number of primary amides is 1.